The summed E-state index contributed by atoms with van der Waals surface area (Å²) in [7, 11) is 2.04. The van der Waals surface area contributed by atoms with E-state index >= 15 is 0 Å². The zero-order valence-electron chi connectivity index (χ0n) is 8.53. The van der Waals surface area contributed by atoms with Crippen LogP contribution in [-0.4, -0.2) is 30.1 Å². The number of nitrogens with zero attached hydrogens (tertiary/aromatic N) is 3. The van der Waals surface area contributed by atoms with Crippen molar-refractivity contribution in [2.75, 3.05) is 25.0 Å². The molecule has 0 atom stereocenters. The highest BCUT2D eigenvalue weighted by Gasteiger charge is 2.18. The van der Waals surface area contributed by atoms with E-state index in [-0.39, 0.29) is 0 Å². The molecule has 1 aliphatic rings. The highest BCUT2D eigenvalue weighted by molar-refractivity contribution is 5.49. The zero-order valence-corrected chi connectivity index (χ0v) is 8.53. The van der Waals surface area contributed by atoms with Gasteiger partial charge in [0.05, 0.1) is 0 Å². The van der Waals surface area contributed by atoms with Gasteiger partial charge >= 0.3 is 0 Å². The molecule has 4 heteroatoms. The van der Waals surface area contributed by atoms with E-state index in [1.165, 1.54) is 17.7 Å². The van der Waals surface area contributed by atoms with Crippen molar-refractivity contribution in [3.63, 3.8) is 0 Å². The first-order chi connectivity index (χ1) is 6.83. The van der Waals surface area contributed by atoms with Crippen molar-refractivity contribution in [1.82, 2.24) is 9.97 Å². The third kappa shape index (κ3) is 1.57. The minimum atomic E-state index is 0.662. The maximum Gasteiger partial charge on any atom is 0.135 e. The Kier molecular flexibility index (Phi) is 2.63. The second-order valence-corrected chi connectivity index (χ2v) is 3.69. The van der Waals surface area contributed by atoms with Crippen molar-refractivity contribution in [3.05, 3.63) is 17.6 Å². The number of likely N-dealkylation sites (N-methyl/N-ethyl adjacent to an activating group) is 1. The molecule has 1 aromatic heterocycles. The predicted molar refractivity (Wildman–Crippen MR) is 56.4 cm³/mol. The molecule has 0 saturated carbocycles. The average molecular weight is 192 g/mol. The molecule has 76 valence electrons. The van der Waals surface area contributed by atoms with E-state index in [9.17, 15) is 0 Å². The summed E-state index contributed by atoms with van der Waals surface area (Å²) >= 11 is 0. The van der Waals surface area contributed by atoms with Crippen LogP contribution in [0.25, 0.3) is 0 Å². The van der Waals surface area contributed by atoms with E-state index in [4.69, 9.17) is 5.73 Å². The van der Waals surface area contributed by atoms with Gasteiger partial charge in [0, 0.05) is 31.4 Å². The van der Waals surface area contributed by atoms with Crippen molar-refractivity contribution < 1.29 is 0 Å². The molecule has 1 aliphatic carbocycles. The number of hydrogen-bond acceptors (Lipinski definition) is 4. The minimum Gasteiger partial charge on any atom is -0.358 e. The lowest BCUT2D eigenvalue weighted by Crippen LogP contribution is -2.26. The molecule has 4 nitrogen and oxygen atoms in total. The molecule has 0 spiro atoms. The summed E-state index contributed by atoms with van der Waals surface area (Å²) in [4.78, 5) is 10.7. The van der Waals surface area contributed by atoms with Gasteiger partial charge in [0.25, 0.3) is 0 Å². The Bertz CT molecular complexity index is 324. The second-order valence-electron chi connectivity index (χ2n) is 3.69. The van der Waals surface area contributed by atoms with Gasteiger partial charge < -0.3 is 10.6 Å². The number of hydrogen-bond donors (Lipinski definition) is 1. The van der Waals surface area contributed by atoms with E-state index in [1.807, 2.05) is 7.05 Å². The summed E-state index contributed by atoms with van der Waals surface area (Å²) in [6, 6.07) is 0. The van der Waals surface area contributed by atoms with Gasteiger partial charge in [-0.25, -0.2) is 9.97 Å². The predicted octanol–water partition coefficient (Wildman–Crippen LogP) is 0.360. The van der Waals surface area contributed by atoms with Gasteiger partial charge in [-0.2, -0.15) is 0 Å². The quantitative estimate of drug-likeness (QED) is 0.751. The molecule has 0 saturated heterocycles. The summed E-state index contributed by atoms with van der Waals surface area (Å²) in [6.45, 7) is 1.51. The van der Waals surface area contributed by atoms with Crippen molar-refractivity contribution in [3.8, 4) is 0 Å². The van der Waals surface area contributed by atoms with Gasteiger partial charge in [-0.05, 0) is 19.3 Å². The Balaban J connectivity index is 2.29. The molecule has 0 radical (unpaired) electrons. The molecule has 0 amide bonds. The van der Waals surface area contributed by atoms with E-state index in [2.05, 4.69) is 14.9 Å². The van der Waals surface area contributed by atoms with Gasteiger partial charge in [-0.15, -0.1) is 0 Å². The molecular formula is C10H16N4. The molecule has 2 rings (SSSR count). The first-order valence-electron chi connectivity index (χ1n) is 5.07. The van der Waals surface area contributed by atoms with Crippen LogP contribution in [0.1, 0.15) is 17.7 Å². The SMILES string of the molecule is CN(CCN)c1ncnc2c1CCC2. The van der Waals surface area contributed by atoms with Crippen LogP contribution in [0.4, 0.5) is 5.82 Å². The molecule has 14 heavy (non-hydrogen) atoms. The standard InChI is InChI=1S/C10H16N4/c1-14(6-5-11)10-8-3-2-4-9(8)12-7-13-10/h7H,2-6,11H2,1H3. The fraction of sp³-hybridized carbons (Fsp3) is 0.600. The Morgan fingerprint density at radius 3 is 3.07 bits per heavy atom. The molecule has 0 aliphatic heterocycles. The van der Waals surface area contributed by atoms with Crippen LogP contribution >= 0.6 is 0 Å². The lowest BCUT2D eigenvalue weighted by Gasteiger charge is -2.19. The van der Waals surface area contributed by atoms with Crippen molar-refractivity contribution >= 4 is 5.82 Å². The first kappa shape index (κ1) is 9.40. The molecule has 0 bridgehead atoms. The monoisotopic (exact) mass is 192 g/mol. The number of rotatable bonds is 3. The maximum absolute atomic E-state index is 5.53. The molecule has 0 unspecified atom stereocenters. The fourth-order valence-corrected chi connectivity index (χ4v) is 1.97. The highest BCUT2D eigenvalue weighted by Crippen LogP contribution is 2.26. The van der Waals surface area contributed by atoms with Crippen molar-refractivity contribution in [2.24, 2.45) is 5.73 Å². The Hall–Kier alpha value is -1.16. The fourth-order valence-electron chi connectivity index (χ4n) is 1.97. The molecule has 0 fully saturated rings. The third-order valence-corrected chi connectivity index (χ3v) is 2.68. The van der Waals surface area contributed by atoms with Crippen LogP contribution < -0.4 is 10.6 Å². The highest BCUT2D eigenvalue weighted by atomic mass is 15.2. The maximum atomic E-state index is 5.53. The lowest BCUT2D eigenvalue weighted by atomic mass is 10.2. The Labute approximate surface area is 84.2 Å². The van der Waals surface area contributed by atoms with Gasteiger partial charge in [0.1, 0.15) is 12.1 Å². The molecule has 2 N–H and O–H groups in total. The summed E-state index contributed by atoms with van der Waals surface area (Å²) in [5.74, 6) is 1.07. The number of nitrogens with two attached hydrogens (primary N) is 1. The van der Waals surface area contributed by atoms with Crippen LogP contribution in [0, 0.1) is 0 Å². The van der Waals surface area contributed by atoms with Crippen LogP contribution in [-0.2, 0) is 12.8 Å². The molecule has 1 heterocycles. The van der Waals surface area contributed by atoms with Crippen LogP contribution in [0.3, 0.4) is 0 Å². The number of aromatic nitrogens is 2. The van der Waals surface area contributed by atoms with E-state index in [0.29, 0.717) is 6.54 Å². The second kappa shape index (κ2) is 3.92. The van der Waals surface area contributed by atoms with Gasteiger partial charge in [0.2, 0.25) is 0 Å². The molecule has 0 aromatic carbocycles. The third-order valence-electron chi connectivity index (χ3n) is 2.68. The normalized spacial score (nSPS) is 14.1. The van der Waals surface area contributed by atoms with E-state index in [0.717, 1.165) is 25.2 Å². The topological polar surface area (TPSA) is 55.0 Å². The number of aryl methyl sites for hydroxylation is 1. The Morgan fingerprint density at radius 2 is 2.29 bits per heavy atom. The number of anilines is 1. The van der Waals surface area contributed by atoms with Crippen LogP contribution in [0.5, 0.6) is 0 Å². The largest absolute Gasteiger partial charge is 0.358 e. The van der Waals surface area contributed by atoms with E-state index < -0.39 is 0 Å². The van der Waals surface area contributed by atoms with Gasteiger partial charge in [-0.1, -0.05) is 0 Å². The van der Waals surface area contributed by atoms with Crippen molar-refractivity contribution in [1.29, 1.82) is 0 Å². The number of fused-ring (bicyclic) bond motifs is 1. The first-order valence-corrected chi connectivity index (χ1v) is 5.07. The summed E-state index contributed by atoms with van der Waals surface area (Å²) in [5, 5.41) is 0. The smallest absolute Gasteiger partial charge is 0.135 e. The molecule has 1 aromatic rings. The summed E-state index contributed by atoms with van der Waals surface area (Å²) in [6.07, 6.45) is 5.08. The van der Waals surface area contributed by atoms with Crippen LogP contribution in [0.15, 0.2) is 6.33 Å². The average Bonchev–Trinajstić information content (AvgIpc) is 2.65. The van der Waals surface area contributed by atoms with E-state index in [1.54, 1.807) is 6.33 Å². The molecular weight excluding hydrogens is 176 g/mol. The summed E-state index contributed by atoms with van der Waals surface area (Å²) in [5.41, 5.74) is 8.07. The summed E-state index contributed by atoms with van der Waals surface area (Å²) < 4.78 is 0. The Morgan fingerprint density at radius 1 is 1.43 bits per heavy atom. The van der Waals surface area contributed by atoms with Gasteiger partial charge in [-0.3, -0.25) is 0 Å². The zero-order chi connectivity index (χ0) is 9.97. The van der Waals surface area contributed by atoms with Crippen LogP contribution in [0.2, 0.25) is 0 Å². The van der Waals surface area contributed by atoms with Gasteiger partial charge in [0.15, 0.2) is 0 Å². The van der Waals surface area contributed by atoms with Crippen molar-refractivity contribution in [2.45, 2.75) is 19.3 Å². The lowest BCUT2D eigenvalue weighted by molar-refractivity contribution is 0.850. The minimum absolute atomic E-state index is 0.662.